The van der Waals surface area contributed by atoms with Gasteiger partial charge in [0, 0.05) is 11.6 Å². The van der Waals surface area contributed by atoms with Crippen molar-refractivity contribution in [3.63, 3.8) is 0 Å². The van der Waals surface area contributed by atoms with E-state index in [4.69, 9.17) is 4.74 Å². The third-order valence-electron chi connectivity index (χ3n) is 3.03. The Labute approximate surface area is 120 Å². The number of methoxy groups -OCH3 is 1. The van der Waals surface area contributed by atoms with Crippen LogP contribution in [0.25, 0.3) is 22.0 Å². The monoisotopic (exact) mass is 265 g/mol. The maximum absolute atomic E-state index is 5.38. The van der Waals surface area contributed by atoms with Crippen molar-refractivity contribution < 1.29 is 4.74 Å². The highest BCUT2D eigenvalue weighted by Gasteiger charge is 2.04. The molecule has 0 aliphatic heterocycles. The van der Waals surface area contributed by atoms with Gasteiger partial charge in [0.1, 0.15) is 5.75 Å². The summed E-state index contributed by atoms with van der Waals surface area (Å²) in [6.07, 6.45) is 1.77. The molecular formula is C18H19NO. The van der Waals surface area contributed by atoms with E-state index >= 15 is 0 Å². The van der Waals surface area contributed by atoms with Crippen molar-refractivity contribution in [2.24, 2.45) is 0 Å². The second-order valence-corrected chi connectivity index (χ2v) is 4.11. The van der Waals surface area contributed by atoms with Crippen molar-refractivity contribution in [2.45, 2.75) is 13.8 Å². The van der Waals surface area contributed by atoms with Crippen LogP contribution in [0.4, 0.5) is 0 Å². The largest absolute Gasteiger partial charge is 0.496 e. The average molecular weight is 265 g/mol. The van der Waals surface area contributed by atoms with Crippen molar-refractivity contribution in [1.82, 2.24) is 4.98 Å². The van der Waals surface area contributed by atoms with E-state index < -0.39 is 0 Å². The van der Waals surface area contributed by atoms with Crippen LogP contribution in [-0.4, -0.2) is 12.1 Å². The number of benzene rings is 2. The molecule has 0 atom stereocenters. The quantitative estimate of drug-likeness (QED) is 0.655. The molecule has 2 heteroatoms. The SMILES string of the molecule is CC.COc1ccnc2ccc(-c3ccccc3)cc12. The van der Waals surface area contributed by atoms with E-state index in [1.54, 1.807) is 13.3 Å². The molecule has 2 aromatic carbocycles. The van der Waals surface area contributed by atoms with Crippen LogP contribution in [0.3, 0.4) is 0 Å². The number of hydrogen-bond donors (Lipinski definition) is 0. The number of fused-ring (bicyclic) bond motifs is 1. The van der Waals surface area contributed by atoms with E-state index in [2.05, 4.69) is 29.2 Å². The summed E-state index contributed by atoms with van der Waals surface area (Å²) in [4.78, 5) is 4.34. The Hall–Kier alpha value is -2.35. The third kappa shape index (κ3) is 2.80. The standard InChI is InChI=1S/C16H13NO.C2H6/c1-18-16-9-10-17-15-8-7-13(11-14(15)16)12-5-3-2-4-6-12;1-2/h2-11H,1H3;1-2H3. The normalized spacial score (nSPS) is 9.75. The lowest BCUT2D eigenvalue weighted by Crippen LogP contribution is -1.87. The molecule has 0 N–H and O–H groups in total. The number of ether oxygens (including phenoxy) is 1. The summed E-state index contributed by atoms with van der Waals surface area (Å²) in [7, 11) is 1.68. The predicted molar refractivity (Wildman–Crippen MR) is 85.1 cm³/mol. The van der Waals surface area contributed by atoms with Gasteiger partial charge in [-0.2, -0.15) is 0 Å². The summed E-state index contributed by atoms with van der Waals surface area (Å²) in [6.45, 7) is 4.00. The van der Waals surface area contributed by atoms with Crippen molar-refractivity contribution in [3.05, 3.63) is 60.8 Å². The van der Waals surface area contributed by atoms with Gasteiger partial charge in [0.05, 0.1) is 12.6 Å². The molecule has 3 aromatic rings. The highest BCUT2D eigenvalue weighted by Crippen LogP contribution is 2.28. The fourth-order valence-corrected chi connectivity index (χ4v) is 2.11. The molecule has 0 bridgehead atoms. The number of pyridine rings is 1. The van der Waals surface area contributed by atoms with Gasteiger partial charge in [0.2, 0.25) is 0 Å². The molecule has 0 fully saturated rings. The first kappa shape index (κ1) is 14.1. The third-order valence-corrected chi connectivity index (χ3v) is 3.03. The van der Waals surface area contributed by atoms with E-state index in [1.807, 2.05) is 44.2 Å². The summed E-state index contributed by atoms with van der Waals surface area (Å²) in [5, 5.41) is 1.04. The number of aromatic nitrogens is 1. The zero-order valence-electron chi connectivity index (χ0n) is 12.1. The van der Waals surface area contributed by atoms with Gasteiger partial charge in [-0.1, -0.05) is 50.2 Å². The Morgan fingerprint density at radius 1 is 0.850 bits per heavy atom. The first-order chi connectivity index (χ1) is 9.88. The van der Waals surface area contributed by atoms with Crippen molar-refractivity contribution >= 4 is 10.9 Å². The molecule has 0 aliphatic carbocycles. The van der Waals surface area contributed by atoms with Crippen LogP contribution >= 0.6 is 0 Å². The van der Waals surface area contributed by atoms with Crippen LogP contribution in [0, 0.1) is 0 Å². The van der Waals surface area contributed by atoms with E-state index in [0.29, 0.717) is 0 Å². The van der Waals surface area contributed by atoms with Crippen LogP contribution < -0.4 is 4.74 Å². The minimum absolute atomic E-state index is 0.859. The van der Waals surface area contributed by atoms with Gasteiger partial charge in [0.15, 0.2) is 0 Å². The molecule has 0 unspecified atom stereocenters. The molecule has 1 heterocycles. The van der Waals surface area contributed by atoms with Gasteiger partial charge in [-0.3, -0.25) is 4.98 Å². The van der Waals surface area contributed by atoms with E-state index in [-0.39, 0.29) is 0 Å². The molecule has 3 rings (SSSR count). The van der Waals surface area contributed by atoms with Crippen molar-refractivity contribution in [1.29, 1.82) is 0 Å². The van der Waals surface area contributed by atoms with Gasteiger partial charge in [-0.05, 0) is 29.3 Å². The van der Waals surface area contributed by atoms with E-state index in [0.717, 1.165) is 16.7 Å². The highest BCUT2D eigenvalue weighted by molar-refractivity contribution is 5.89. The predicted octanol–water partition coefficient (Wildman–Crippen LogP) is 4.94. The number of hydrogen-bond acceptors (Lipinski definition) is 2. The molecule has 2 nitrogen and oxygen atoms in total. The average Bonchev–Trinajstić information content (AvgIpc) is 2.56. The zero-order chi connectivity index (χ0) is 14.4. The van der Waals surface area contributed by atoms with E-state index in [1.165, 1.54) is 11.1 Å². The van der Waals surface area contributed by atoms with Gasteiger partial charge < -0.3 is 4.74 Å². The Morgan fingerprint density at radius 3 is 2.30 bits per heavy atom. The summed E-state index contributed by atoms with van der Waals surface area (Å²) < 4.78 is 5.38. The molecule has 0 aliphatic rings. The van der Waals surface area contributed by atoms with Gasteiger partial charge in [0.25, 0.3) is 0 Å². The summed E-state index contributed by atoms with van der Waals surface area (Å²) in [5.41, 5.74) is 3.33. The summed E-state index contributed by atoms with van der Waals surface area (Å²) in [6, 6.07) is 18.4. The molecule has 20 heavy (non-hydrogen) atoms. The number of rotatable bonds is 2. The maximum Gasteiger partial charge on any atom is 0.129 e. The van der Waals surface area contributed by atoms with Gasteiger partial charge in [-0.25, -0.2) is 0 Å². The van der Waals surface area contributed by atoms with Crippen molar-refractivity contribution in [2.75, 3.05) is 7.11 Å². The van der Waals surface area contributed by atoms with Crippen molar-refractivity contribution in [3.8, 4) is 16.9 Å². The van der Waals surface area contributed by atoms with Crippen LogP contribution in [-0.2, 0) is 0 Å². The summed E-state index contributed by atoms with van der Waals surface area (Å²) >= 11 is 0. The molecule has 102 valence electrons. The molecular weight excluding hydrogens is 246 g/mol. The first-order valence-electron chi connectivity index (χ1n) is 6.86. The first-order valence-corrected chi connectivity index (χ1v) is 6.86. The molecule has 0 radical (unpaired) electrons. The highest BCUT2D eigenvalue weighted by atomic mass is 16.5. The lowest BCUT2D eigenvalue weighted by atomic mass is 10.0. The Morgan fingerprint density at radius 2 is 1.60 bits per heavy atom. The van der Waals surface area contributed by atoms with E-state index in [9.17, 15) is 0 Å². The zero-order valence-corrected chi connectivity index (χ0v) is 12.1. The Kier molecular flexibility index (Phi) is 4.72. The minimum Gasteiger partial charge on any atom is -0.496 e. The van der Waals surface area contributed by atoms with Crippen LogP contribution in [0.5, 0.6) is 5.75 Å². The topological polar surface area (TPSA) is 22.1 Å². The second kappa shape index (κ2) is 6.71. The van der Waals surface area contributed by atoms with Gasteiger partial charge in [-0.15, -0.1) is 0 Å². The molecule has 1 aromatic heterocycles. The lowest BCUT2D eigenvalue weighted by molar-refractivity contribution is 0.419. The van der Waals surface area contributed by atoms with Gasteiger partial charge >= 0.3 is 0 Å². The fourth-order valence-electron chi connectivity index (χ4n) is 2.11. The number of nitrogens with zero attached hydrogens (tertiary/aromatic N) is 1. The molecule has 0 saturated carbocycles. The van der Waals surface area contributed by atoms with Crippen LogP contribution in [0.15, 0.2) is 60.8 Å². The molecule has 0 amide bonds. The summed E-state index contributed by atoms with van der Waals surface area (Å²) in [5.74, 6) is 0.859. The lowest BCUT2D eigenvalue weighted by Gasteiger charge is -2.07. The van der Waals surface area contributed by atoms with Crippen LogP contribution in [0.2, 0.25) is 0 Å². The Balaban J connectivity index is 0.000000704. The fraction of sp³-hybridized carbons (Fsp3) is 0.167. The smallest absolute Gasteiger partial charge is 0.129 e. The minimum atomic E-state index is 0.859. The Bertz CT molecular complexity index is 677. The maximum atomic E-state index is 5.38. The molecule has 0 saturated heterocycles. The second-order valence-electron chi connectivity index (χ2n) is 4.11. The van der Waals surface area contributed by atoms with Crippen LogP contribution in [0.1, 0.15) is 13.8 Å². The molecule has 0 spiro atoms.